The average molecular weight is 347 g/mol. The summed E-state index contributed by atoms with van der Waals surface area (Å²) >= 11 is 1.58. The highest BCUT2D eigenvalue weighted by Crippen LogP contribution is 2.36. The second kappa shape index (κ2) is 7.15. The minimum absolute atomic E-state index is 0.589. The molecule has 5 nitrogen and oxygen atoms in total. The van der Waals surface area contributed by atoms with Gasteiger partial charge in [0.15, 0.2) is 11.0 Å². The molecule has 1 N–H and O–H groups in total. The number of furan rings is 1. The Morgan fingerprint density at radius 3 is 2.83 bits per heavy atom. The Morgan fingerprint density at radius 2 is 2.21 bits per heavy atom. The second-order valence-electron chi connectivity index (χ2n) is 6.79. The lowest BCUT2D eigenvalue weighted by molar-refractivity contribution is 0.0149. The molecule has 0 aromatic carbocycles. The van der Waals surface area contributed by atoms with Crippen LogP contribution in [0.5, 0.6) is 0 Å². The van der Waals surface area contributed by atoms with Gasteiger partial charge in [-0.25, -0.2) is 0 Å². The Kier molecular flexibility index (Phi) is 5.15. The first-order valence-electron chi connectivity index (χ1n) is 8.46. The van der Waals surface area contributed by atoms with E-state index in [-0.39, 0.29) is 0 Å². The highest BCUT2D eigenvalue weighted by atomic mass is 32.2. The molecular formula is C18H25N3O2S. The molecule has 0 radical (unpaired) electrons. The van der Waals surface area contributed by atoms with Crippen molar-refractivity contribution in [3.63, 3.8) is 0 Å². The highest BCUT2D eigenvalue weighted by Gasteiger charge is 2.32. The molecule has 1 aliphatic rings. The maximum atomic E-state index is 10.8. The van der Waals surface area contributed by atoms with E-state index in [1.54, 1.807) is 18.0 Å². The van der Waals surface area contributed by atoms with Crippen molar-refractivity contribution < 1.29 is 9.52 Å². The highest BCUT2D eigenvalue weighted by molar-refractivity contribution is 7.99. The van der Waals surface area contributed by atoms with Crippen molar-refractivity contribution in [3.05, 3.63) is 30.7 Å². The fourth-order valence-electron chi connectivity index (χ4n) is 3.15. The van der Waals surface area contributed by atoms with Crippen molar-refractivity contribution in [3.8, 4) is 11.4 Å². The van der Waals surface area contributed by atoms with Crippen molar-refractivity contribution >= 4 is 11.8 Å². The first-order chi connectivity index (χ1) is 11.5. The van der Waals surface area contributed by atoms with Crippen molar-refractivity contribution in [2.24, 2.45) is 5.92 Å². The molecule has 6 heteroatoms. The maximum Gasteiger partial charge on any atom is 0.191 e. The zero-order chi connectivity index (χ0) is 17.2. The zero-order valence-electron chi connectivity index (χ0n) is 14.4. The van der Waals surface area contributed by atoms with E-state index in [1.807, 2.05) is 23.6 Å². The number of aliphatic hydroxyl groups is 1. The summed E-state index contributed by atoms with van der Waals surface area (Å²) < 4.78 is 7.42. The Balaban J connectivity index is 1.77. The van der Waals surface area contributed by atoms with Gasteiger partial charge in [0.1, 0.15) is 5.76 Å². The Morgan fingerprint density at radius 1 is 1.46 bits per heavy atom. The summed E-state index contributed by atoms with van der Waals surface area (Å²) in [6, 6.07) is 1.91. The molecule has 1 saturated carbocycles. The third-order valence-electron chi connectivity index (χ3n) is 4.80. The fraction of sp³-hybridized carbons (Fsp3) is 0.556. The van der Waals surface area contributed by atoms with Gasteiger partial charge in [0, 0.05) is 12.3 Å². The van der Waals surface area contributed by atoms with Gasteiger partial charge in [-0.15, -0.1) is 16.8 Å². The number of nitrogens with zero attached hydrogens (tertiary/aromatic N) is 3. The van der Waals surface area contributed by atoms with Crippen molar-refractivity contribution in [1.29, 1.82) is 0 Å². The lowest BCUT2D eigenvalue weighted by Crippen LogP contribution is -2.36. The molecule has 0 saturated heterocycles. The molecule has 24 heavy (non-hydrogen) atoms. The van der Waals surface area contributed by atoms with Crippen LogP contribution < -0.4 is 0 Å². The number of aromatic nitrogens is 3. The summed E-state index contributed by atoms with van der Waals surface area (Å²) in [5, 5.41) is 20.3. The van der Waals surface area contributed by atoms with Crippen LogP contribution in [0.25, 0.3) is 11.4 Å². The van der Waals surface area contributed by atoms with E-state index in [4.69, 9.17) is 4.42 Å². The SMILES string of the molecule is C=CCn1c(SCC2(O)CCC(C)CC2)nnc1-c1ccoc1C. The summed E-state index contributed by atoms with van der Waals surface area (Å²) in [7, 11) is 0. The first-order valence-corrected chi connectivity index (χ1v) is 9.45. The molecule has 2 heterocycles. The number of hydrogen-bond donors (Lipinski definition) is 1. The van der Waals surface area contributed by atoms with Crippen LogP contribution in [0.15, 0.2) is 34.6 Å². The van der Waals surface area contributed by atoms with Gasteiger partial charge in [0.2, 0.25) is 0 Å². The quantitative estimate of drug-likeness (QED) is 0.630. The largest absolute Gasteiger partial charge is 0.469 e. The molecule has 1 fully saturated rings. The molecule has 0 amide bonds. The van der Waals surface area contributed by atoms with E-state index >= 15 is 0 Å². The minimum Gasteiger partial charge on any atom is -0.469 e. The van der Waals surface area contributed by atoms with Crippen LogP contribution in [0.4, 0.5) is 0 Å². The van der Waals surface area contributed by atoms with Crippen LogP contribution in [-0.2, 0) is 6.54 Å². The molecule has 0 bridgehead atoms. The van der Waals surface area contributed by atoms with E-state index < -0.39 is 5.60 Å². The van der Waals surface area contributed by atoms with Crippen LogP contribution in [0.3, 0.4) is 0 Å². The van der Waals surface area contributed by atoms with Gasteiger partial charge in [-0.2, -0.15) is 0 Å². The van der Waals surface area contributed by atoms with Gasteiger partial charge in [-0.05, 0) is 44.6 Å². The van der Waals surface area contributed by atoms with Gasteiger partial charge in [0.05, 0.1) is 17.4 Å². The summed E-state index contributed by atoms with van der Waals surface area (Å²) in [5.41, 5.74) is 0.356. The first kappa shape index (κ1) is 17.3. The van der Waals surface area contributed by atoms with E-state index in [9.17, 15) is 5.11 Å². The van der Waals surface area contributed by atoms with E-state index in [0.29, 0.717) is 12.3 Å². The van der Waals surface area contributed by atoms with Crippen LogP contribution in [0.2, 0.25) is 0 Å². The Hall–Kier alpha value is -1.53. The summed E-state index contributed by atoms with van der Waals surface area (Å²) in [6.45, 7) is 8.64. The average Bonchev–Trinajstić information content (AvgIpc) is 3.15. The van der Waals surface area contributed by atoms with E-state index in [1.165, 1.54) is 0 Å². The van der Waals surface area contributed by atoms with Crippen LogP contribution >= 0.6 is 11.8 Å². The van der Waals surface area contributed by atoms with Gasteiger partial charge in [-0.1, -0.05) is 24.8 Å². The lowest BCUT2D eigenvalue weighted by atomic mass is 9.81. The van der Waals surface area contributed by atoms with E-state index in [2.05, 4.69) is 23.7 Å². The number of thioether (sulfide) groups is 1. The molecule has 130 valence electrons. The Labute approximate surface area is 147 Å². The van der Waals surface area contributed by atoms with Gasteiger partial charge in [0.25, 0.3) is 0 Å². The smallest absolute Gasteiger partial charge is 0.191 e. The molecule has 2 aromatic heterocycles. The maximum absolute atomic E-state index is 10.8. The fourth-order valence-corrected chi connectivity index (χ4v) is 4.25. The molecule has 2 aromatic rings. The van der Waals surface area contributed by atoms with Gasteiger partial charge >= 0.3 is 0 Å². The predicted molar refractivity (Wildman–Crippen MR) is 96.0 cm³/mol. The number of rotatable bonds is 6. The number of hydrogen-bond acceptors (Lipinski definition) is 5. The zero-order valence-corrected chi connectivity index (χ0v) is 15.2. The molecule has 0 aliphatic heterocycles. The van der Waals surface area contributed by atoms with Crippen LogP contribution in [-0.4, -0.2) is 31.2 Å². The normalized spacial score (nSPS) is 24.2. The molecular weight excluding hydrogens is 322 g/mol. The van der Waals surface area contributed by atoms with Crippen molar-refractivity contribution in [1.82, 2.24) is 14.8 Å². The lowest BCUT2D eigenvalue weighted by Gasteiger charge is -2.34. The molecule has 0 unspecified atom stereocenters. The number of aryl methyl sites for hydroxylation is 1. The second-order valence-corrected chi connectivity index (χ2v) is 7.73. The third kappa shape index (κ3) is 3.59. The van der Waals surface area contributed by atoms with Crippen molar-refractivity contribution in [2.75, 3.05) is 5.75 Å². The van der Waals surface area contributed by atoms with Crippen LogP contribution in [0, 0.1) is 12.8 Å². The minimum atomic E-state index is -0.589. The summed E-state index contributed by atoms with van der Waals surface area (Å²) in [4.78, 5) is 0. The summed E-state index contributed by atoms with van der Waals surface area (Å²) in [6.07, 6.45) is 7.42. The Bertz CT molecular complexity index is 699. The molecule has 0 spiro atoms. The van der Waals surface area contributed by atoms with Gasteiger partial charge in [-0.3, -0.25) is 4.57 Å². The summed E-state index contributed by atoms with van der Waals surface area (Å²) in [5.74, 6) is 2.98. The van der Waals surface area contributed by atoms with Gasteiger partial charge < -0.3 is 9.52 Å². The molecule has 3 rings (SSSR count). The topological polar surface area (TPSA) is 64.1 Å². The van der Waals surface area contributed by atoms with Crippen molar-refractivity contribution in [2.45, 2.75) is 56.8 Å². The standard InChI is InChI=1S/C18H25N3O2S/c1-4-10-21-16(15-7-11-23-14(15)3)19-20-17(21)24-12-18(22)8-5-13(2)6-9-18/h4,7,11,13,22H,1,5-6,8-10,12H2,2-3H3. The van der Waals surface area contributed by atoms with E-state index in [0.717, 1.165) is 53.9 Å². The third-order valence-corrected chi connectivity index (χ3v) is 6.05. The van der Waals surface area contributed by atoms with Crippen LogP contribution in [0.1, 0.15) is 38.4 Å². The monoisotopic (exact) mass is 347 g/mol. The number of allylic oxidation sites excluding steroid dienone is 1. The predicted octanol–water partition coefficient (Wildman–Crippen LogP) is 4.07. The molecule has 0 atom stereocenters. The molecule has 1 aliphatic carbocycles.